The molecule has 0 atom stereocenters. The van der Waals surface area contributed by atoms with Crippen LogP contribution in [0.1, 0.15) is 12.0 Å². The van der Waals surface area contributed by atoms with Crippen LogP contribution in [0.25, 0.3) is 11.1 Å². The molecule has 2 aromatic carbocycles. The standard InChI is InChI=1S/C22H21N3O3/c26-21(13-12-17-7-6-14-23-15-17)24-25-22(27)16-28-20-11-5-4-10-19(20)18-8-2-1-3-9-18/h1-11,14-15H,12-13,16H2,(H,24,26)(H,25,27). The predicted octanol–water partition coefficient (Wildman–Crippen LogP) is 2.91. The van der Waals surface area contributed by atoms with Crippen molar-refractivity contribution in [2.75, 3.05) is 6.61 Å². The van der Waals surface area contributed by atoms with Crippen LogP contribution in [0, 0.1) is 0 Å². The second-order valence-corrected chi connectivity index (χ2v) is 6.11. The average Bonchev–Trinajstić information content (AvgIpc) is 2.76. The van der Waals surface area contributed by atoms with Crippen molar-refractivity contribution in [1.29, 1.82) is 0 Å². The van der Waals surface area contributed by atoms with Crippen molar-refractivity contribution in [2.24, 2.45) is 0 Å². The van der Waals surface area contributed by atoms with E-state index in [0.717, 1.165) is 16.7 Å². The summed E-state index contributed by atoms with van der Waals surface area (Å²) >= 11 is 0. The van der Waals surface area contributed by atoms with Gasteiger partial charge in [0, 0.05) is 24.4 Å². The minimum absolute atomic E-state index is 0.202. The van der Waals surface area contributed by atoms with Gasteiger partial charge < -0.3 is 4.74 Å². The third-order valence-corrected chi connectivity index (χ3v) is 4.04. The monoisotopic (exact) mass is 375 g/mol. The Morgan fingerprint density at radius 2 is 1.61 bits per heavy atom. The first-order valence-electron chi connectivity index (χ1n) is 8.96. The number of nitrogens with one attached hydrogen (secondary N) is 2. The first-order chi connectivity index (χ1) is 13.7. The molecule has 3 aromatic rings. The lowest BCUT2D eigenvalue weighted by molar-refractivity contribution is -0.130. The van der Waals surface area contributed by atoms with Crippen molar-refractivity contribution < 1.29 is 14.3 Å². The molecule has 1 heterocycles. The number of hydrogen-bond acceptors (Lipinski definition) is 4. The predicted molar refractivity (Wildman–Crippen MR) is 106 cm³/mol. The molecule has 0 aliphatic heterocycles. The first kappa shape index (κ1) is 19.1. The van der Waals surface area contributed by atoms with Crippen LogP contribution in [-0.4, -0.2) is 23.4 Å². The van der Waals surface area contributed by atoms with Crippen molar-refractivity contribution >= 4 is 11.8 Å². The van der Waals surface area contributed by atoms with Crippen LogP contribution in [0.2, 0.25) is 0 Å². The second-order valence-electron chi connectivity index (χ2n) is 6.11. The van der Waals surface area contributed by atoms with Gasteiger partial charge in [-0.1, -0.05) is 54.6 Å². The molecule has 2 N–H and O–H groups in total. The SMILES string of the molecule is O=C(CCc1cccnc1)NNC(=O)COc1ccccc1-c1ccccc1. The van der Waals surface area contributed by atoms with Gasteiger partial charge in [-0.15, -0.1) is 0 Å². The molecule has 0 spiro atoms. The number of para-hydroxylation sites is 1. The van der Waals surface area contributed by atoms with Gasteiger partial charge in [-0.2, -0.15) is 0 Å². The van der Waals surface area contributed by atoms with E-state index in [-0.39, 0.29) is 18.9 Å². The van der Waals surface area contributed by atoms with Crippen LogP contribution >= 0.6 is 0 Å². The summed E-state index contributed by atoms with van der Waals surface area (Å²) in [6.07, 6.45) is 4.20. The molecule has 28 heavy (non-hydrogen) atoms. The zero-order valence-corrected chi connectivity index (χ0v) is 15.3. The van der Waals surface area contributed by atoms with Gasteiger partial charge in [-0.05, 0) is 29.7 Å². The zero-order valence-electron chi connectivity index (χ0n) is 15.3. The molecule has 0 aliphatic carbocycles. The van der Waals surface area contributed by atoms with E-state index >= 15 is 0 Å². The van der Waals surface area contributed by atoms with Gasteiger partial charge in [-0.25, -0.2) is 0 Å². The third kappa shape index (κ3) is 5.67. The molecule has 6 nitrogen and oxygen atoms in total. The third-order valence-electron chi connectivity index (χ3n) is 4.04. The maximum Gasteiger partial charge on any atom is 0.276 e. The van der Waals surface area contributed by atoms with Crippen LogP contribution in [0.15, 0.2) is 79.1 Å². The highest BCUT2D eigenvalue weighted by molar-refractivity contribution is 5.83. The van der Waals surface area contributed by atoms with Gasteiger partial charge in [0.05, 0.1) is 0 Å². The van der Waals surface area contributed by atoms with E-state index < -0.39 is 5.91 Å². The molecular formula is C22H21N3O3. The lowest BCUT2D eigenvalue weighted by Gasteiger charge is -2.12. The summed E-state index contributed by atoms with van der Waals surface area (Å²) in [5.41, 5.74) is 7.63. The van der Waals surface area contributed by atoms with E-state index in [1.54, 1.807) is 12.4 Å². The van der Waals surface area contributed by atoms with Crippen LogP contribution in [-0.2, 0) is 16.0 Å². The summed E-state index contributed by atoms with van der Waals surface area (Å²) in [5, 5.41) is 0. The minimum Gasteiger partial charge on any atom is -0.483 e. The van der Waals surface area contributed by atoms with Crippen molar-refractivity contribution in [3.63, 3.8) is 0 Å². The lowest BCUT2D eigenvalue weighted by atomic mass is 10.1. The second kappa shape index (κ2) is 9.87. The molecule has 0 saturated carbocycles. The topological polar surface area (TPSA) is 80.3 Å². The molecule has 0 aliphatic rings. The molecule has 0 fully saturated rings. The highest BCUT2D eigenvalue weighted by Gasteiger charge is 2.09. The number of nitrogens with zero attached hydrogens (tertiary/aromatic N) is 1. The highest BCUT2D eigenvalue weighted by atomic mass is 16.5. The first-order valence-corrected chi connectivity index (χ1v) is 8.96. The van der Waals surface area contributed by atoms with Crippen molar-refractivity contribution in [2.45, 2.75) is 12.8 Å². The number of aromatic nitrogens is 1. The van der Waals surface area contributed by atoms with Crippen molar-refractivity contribution in [1.82, 2.24) is 15.8 Å². The lowest BCUT2D eigenvalue weighted by Crippen LogP contribution is -2.43. The summed E-state index contributed by atoms with van der Waals surface area (Å²) < 4.78 is 5.64. The summed E-state index contributed by atoms with van der Waals surface area (Å²) in [7, 11) is 0. The number of hydrogen-bond donors (Lipinski definition) is 2. The van der Waals surface area contributed by atoms with E-state index in [1.807, 2.05) is 66.7 Å². The number of hydrazine groups is 1. The molecule has 142 valence electrons. The number of carbonyl (C=O) groups is 2. The molecule has 1 aromatic heterocycles. The van der Waals surface area contributed by atoms with Crippen LogP contribution in [0.5, 0.6) is 5.75 Å². The normalized spacial score (nSPS) is 10.1. The summed E-state index contributed by atoms with van der Waals surface area (Å²) in [4.78, 5) is 27.8. The van der Waals surface area contributed by atoms with Crippen molar-refractivity contribution in [3.8, 4) is 16.9 Å². The Hall–Kier alpha value is -3.67. The van der Waals surface area contributed by atoms with E-state index in [1.165, 1.54) is 0 Å². The molecule has 0 unspecified atom stereocenters. The van der Waals surface area contributed by atoms with Gasteiger partial charge in [0.1, 0.15) is 5.75 Å². The van der Waals surface area contributed by atoms with Gasteiger partial charge in [0.2, 0.25) is 5.91 Å². The number of amides is 2. The Bertz CT molecular complexity index is 915. The maximum absolute atomic E-state index is 12.0. The van der Waals surface area contributed by atoms with Crippen LogP contribution < -0.4 is 15.6 Å². The number of aryl methyl sites for hydroxylation is 1. The van der Waals surface area contributed by atoms with Gasteiger partial charge in [0.15, 0.2) is 6.61 Å². The van der Waals surface area contributed by atoms with Gasteiger partial charge in [-0.3, -0.25) is 25.4 Å². The molecule has 0 bridgehead atoms. The molecule has 3 rings (SSSR count). The Balaban J connectivity index is 1.45. The van der Waals surface area contributed by atoms with E-state index in [2.05, 4.69) is 15.8 Å². The Morgan fingerprint density at radius 1 is 0.857 bits per heavy atom. The Labute approximate surface area is 163 Å². The van der Waals surface area contributed by atoms with Crippen LogP contribution in [0.3, 0.4) is 0 Å². The maximum atomic E-state index is 12.0. The molecule has 0 saturated heterocycles. The largest absolute Gasteiger partial charge is 0.483 e. The number of carbonyl (C=O) groups excluding carboxylic acids is 2. The molecular weight excluding hydrogens is 354 g/mol. The number of benzene rings is 2. The highest BCUT2D eigenvalue weighted by Crippen LogP contribution is 2.29. The molecule has 2 amide bonds. The number of rotatable bonds is 7. The number of ether oxygens (including phenoxy) is 1. The Morgan fingerprint density at radius 3 is 2.39 bits per heavy atom. The van der Waals surface area contributed by atoms with E-state index in [9.17, 15) is 9.59 Å². The average molecular weight is 375 g/mol. The van der Waals surface area contributed by atoms with Crippen LogP contribution in [0.4, 0.5) is 0 Å². The van der Waals surface area contributed by atoms with Gasteiger partial charge >= 0.3 is 0 Å². The van der Waals surface area contributed by atoms with Crippen molar-refractivity contribution in [3.05, 3.63) is 84.7 Å². The molecule has 6 heteroatoms. The fourth-order valence-electron chi connectivity index (χ4n) is 2.63. The fraction of sp³-hybridized carbons (Fsp3) is 0.136. The van der Waals surface area contributed by atoms with E-state index in [0.29, 0.717) is 12.2 Å². The molecule has 0 radical (unpaired) electrons. The van der Waals surface area contributed by atoms with Gasteiger partial charge in [0.25, 0.3) is 5.91 Å². The quantitative estimate of drug-likeness (QED) is 0.622. The van der Waals surface area contributed by atoms with E-state index in [4.69, 9.17) is 4.74 Å². The number of pyridine rings is 1. The summed E-state index contributed by atoms with van der Waals surface area (Å²) in [6.45, 7) is -0.202. The Kier molecular flexibility index (Phi) is 6.73. The summed E-state index contributed by atoms with van der Waals surface area (Å²) in [5.74, 6) is -0.105. The fourth-order valence-corrected chi connectivity index (χ4v) is 2.63. The smallest absolute Gasteiger partial charge is 0.276 e. The summed E-state index contributed by atoms with van der Waals surface area (Å²) in [6, 6.07) is 21.0. The minimum atomic E-state index is -0.433. The zero-order chi connectivity index (χ0) is 19.6.